The van der Waals surface area contributed by atoms with Crippen molar-refractivity contribution in [1.82, 2.24) is 4.98 Å². The Hall–Kier alpha value is -3.36. The van der Waals surface area contributed by atoms with Gasteiger partial charge in [-0.05, 0) is 53.8 Å². The van der Waals surface area contributed by atoms with Gasteiger partial charge < -0.3 is 14.2 Å². The van der Waals surface area contributed by atoms with Crippen molar-refractivity contribution in [2.24, 2.45) is 5.92 Å². The highest BCUT2D eigenvalue weighted by molar-refractivity contribution is 5.74. The topological polar surface area (TPSA) is 64.4 Å². The monoisotopic (exact) mass is 384 g/mol. The number of hydrogen-bond acceptors (Lipinski definition) is 5. The molecule has 5 nitrogen and oxygen atoms in total. The lowest BCUT2D eigenvalue weighted by molar-refractivity contribution is -0.0532. The summed E-state index contributed by atoms with van der Waals surface area (Å²) in [4.78, 5) is 4.19. The van der Waals surface area contributed by atoms with Gasteiger partial charge in [0.25, 0.3) is 0 Å². The van der Waals surface area contributed by atoms with Crippen molar-refractivity contribution in [3.8, 4) is 28.7 Å². The predicted molar refractivity (Wildman–Crippen MR) is 107 cm³/mol. The molecule has 29 heavy (non-hydrogen) atoms. The molecule has 144 valence electrons. The Balaban J connectivity index is 1.77. The minimum Gasteiger partial charge on any atom is -0.492 e. The van der Waals surface area contributed by atoms with Gasteiger partial charge in [0, 0.05) is 18.0 Å². The van der Waals surface area contributed by atoms with E-state index in [2.05, 4.69) is 23.2 Å². The molecule has 0 spiro atoms. The summed E-state index contributed by atoms with van der Waals surface area (Å²) in [5, 5.41) is 9.36. The molecule has 0 aliphatic carbocycles. The Labute approximate surface area is 170 Å². The van der Waals surface area contributed by atoms with Crippen LogP contribution in [0.2, 0.25) is 0 Å². The number of ether oxygens (including phenoxy) is 3. The van der Waals surface area contributed by atoms with Crippen LogP contribution in [0.25, 0.3) is 11.1 Å². The molecule has 1 fully saturated rings. The van der Waals surface area contributed by atoms with Gasteiger partial charge in [-0.2, -0.15) is 5.26 Å². The van der Waals surface area contributed by atoms with Crippen LogP contribution in [0.15, 0.2) is 54.9 Å². The second-order valence-corrected chi connectivity index (χ2v) is 6.76. The third-order valence-corrected chi connectivity index (χ3v) is 4.79. The van der Waals surface area contributed by atoms with Gasteiger partial charge in [0.2, 0.25) is 6.29 Å². The predicted octanol–water partition coefficient (Wildman–Crippen LogP) is 4.21. The van der Waals surface area contributed by atoms with E-state index in [-0.39, 0.29) is 5.92 Å². The number of methoxy groups -OCH3 is 1. The molecule has 0 saturated carbocycles. The smallest absolute Gasteiger partial charge is 0.216 e. The van der Waals surface area contributed by atoms with Crippen molar-refractivity contribution in [1.29, 1.82) is 5.26 Å². The van der Waals surface area contributed by atoms with E-state index in [4.69, 9.17) is 14.2 Å². The van der Waals surface area contributed by atoms with Crippen molar-refractivity contribution in [3.05, 3.63) is 78.1 Å². The van der Waals surface area contributed by atoms with E-state index in [1.807, 2.05) is 48.7 Å². The zero-order valence-electron chi connectivity index (χ0n) is 16.1. The number of aromatic nitrogens is 1. The highest BCUT2D eigenvalue weighted by Gasteiger charge is 2.31. The fourth-order valence-corrected chi connectivity index (χ4v) is 3.38. The minimum atomic E-state index is -0.616. The van der Waals surface area contributed by atoms with Crippen LogP contribution < -0.4 is 9.47 Å². The first-order valence-corrected chi connectivity index (χ1v) is 9.45. The highest BCUT2D eigenvalue weighted by atomic mass is 16.7. The first kappa shape index (κ1) is 19.0. The number of benzene rings is 2. The molecule has 1 aliphatic rings. The third kappa shape index (κ3) is 4.23. The van der Waals surface area contributed by atoms with Crippen molar-refractivity contribution in [2.75, 3.05) is 13.7 Å². The molecule has 3 aromatic rings. The Morgan fingerprint density at radius 3 is 2.97 bits per heavy atom. The molecular weight excluding hydrogens is 364 g/mol. The van der Waals surface area contributed by atoms with Crippen molar-refractivity contribution >= 4 is 0 Å². The van der Waals surface area contributed by atoms with Gasteiger partial charge in [-0.25, -0.2) is 0 Å². The average Bonchev–Trinajstić information content (AvgIpc) is 3.22. The molecule has 1 saturated heterocycles. The first-order valence-electron chi connectivity index (χ1n) is 9.45. The van der Waals surface area contributed by atoms with Crippen LogP contribution >= 0.6 is 0 Å². The lowest BCUT2D eigenvalue weighted by Crippen LogP contribution is -2.22. The Morgan fingerprint density at radius 1 is 1.31 bits per heavy atom. The van der Waals surface area contributed by atoms with Crippen LogP contribution in [-0.2, 0) is 11.2 Å². The Kier molecular flexibility index (Phi) is 5.73. The molecular formula is C24H20N2O3. The summed E-state index contributed by atoms with van der Waals surface area (Å²) in [6.45, 7) is 0.506. The molecule has 0 amide bonds. The van der Waals surface area contributed by atoms with Gasteiger partial charge in [-0.15, -0.1) is 0 Å². The van der Waals surface area contributed by atoms with Crippen LogP contribution in [-0.4, -0.2) is 25.0 Å². The minimum absolute atomic E-state index is 0.308. The summed E-state index contributed by atoms with van der Waals surface area (Å²) in [5.74, 6) is 0.775. The van der Waals surface area contributed by atoms with Gasteiger partial charge in [0.05, 0.1) is 19.8 Å². The maximum atomic E-state index is 9.36. The standard InChI is InChI=1S/C24H20N2O3/c1-27-23-21(19-7-3-2-4-8-19)13-18(12-17-6-5-10-26-16-17)14-22(23)29-24-20(15-25)9-11-28-24/h2-7,10,14,16,20,24H,9,11-12H2,1H3/t20-,24?/m1/s1. The molecule has 5 heteroatoms. The van der Waals surface area contributed by atoms with E-state index < -0.39 is 6.29 Å². The SMILES string of the molecule is COc1c(-c2[c]cccc2)[c]c(Cc2cccnc2)cc1OC1OCC[C@@H]1C#N. The fraction of sp³-hybridized carbons (Fsp3) is 0.250. The van der Waals surface area contributed by atoms with Crippen molar-refractivity contribution < 1.29 is 14.2 Å². The molecule has 0 N–H and O–H groups in total. The summed E-state index contributed by atoms with van der Waals surface area (Å²) in [6, 6.07) is 22.4. The van der Waals surface area contributed by atoms with Gasteiger partial charge in [-0.1, -0.05) is 30.3 Å². The van der Waals surface area contributed by atoms with Crippen LogP contribution in [0.3, 0.4) is 0 Å². The molecule has 1 aromatic heterocycles. The molecule has 2 radical (unpaired) electrons. The van der Waals surface area contributed by atoms with E-state index in [1.54, 1.807) is 13.3 Å². The molecule has 0 bridgehead atoms. The average molecular weight is 384 g/mol. The summed E-state index contributed by atoms with van der Waals surface area (Å²) < 4.78 is 17.4. The first-order chi connectivity index (χ1) is 14.3. The van der Waals surface area contributed by atoms with E-state index in [0.717, 1.165) is 22.3 Å². The van der Waals surface area contributed by atoms with Crippen LogP contribution in [0.4, 0.5) is 0 Å². The van der Waals surface area contributed by atoms with E-state index in [0.29, 0.717) is 30.9 Å². The van der Waals surface area contributed by atoms with Gasteiger partial charge in [-0.3, -0.25) is 4.98 Å². The van der Waals surface area contributed by atoms with Gasteiger partial charge in [0.15, 0.2) is 11.5 Å². The molecule has 1 unspecified atom stereocenters. The highest BCUT2D eigenvalue weighted by Crippen LogP contribution is 2.41. The fourth-order valence-electron chi connectivity index (χ4n) is 3.38. The summed E-state index contributed by atoms with van der Waals surface area (Å²) >= 11 is 0. The van der Waals surface area contributed by atoms with E-state index in [1.165, 1.54) is 0 Å². The molecule has 2 heterocycles. The molecule has 2 atom stereocenters. The van der Waals surface area contributed by atoms with Crippen LogP contribution in [0, 0.1) is 29.4 Å². The molecule has 2 aromatic carbocycles. The summed E-state index contributed by atoms with van der Waals surface area (Å²) in [5.41, 5.74) is 3.60. The number of nitrogens with zero attached hydrogens (tertiary/aromatic N) is 2. The summed E-state index contributed by atoms with van der Waals surface area (Å²) in [6.07, 6.45) is 4.26. The quantitative estimate of drug-likeness (QED) is 0.637. The number of hydrogen-bond donors (Lipinski definition) is 0. The zero-order chi connectivity index (χ0) is 20.1. The van der Waals surface area contributed by atoms with Crippen molar-refractivity contribution in [2.45, 2.75) is 19.1 Å². The second-order valence-electron chi connectivity index (χ2n) is 6.76. The molecule has 1 aliphatic heterocycles. The van der Waals surface area contributed by atoms with Crippen LogP contribution in [0.1, 0.15) is 17.5 Å². The van der Waals surface area contributed by atoms with Crippen molar-refractivity contribution in [3.63, 3.8) is 0 Å². The van der Waals surface area contributed by atoms with Gasteiger partial charge in [0.1, 0.15) is 5.92 Å². The van der Waals surface area contributed by atoms with Gasteiger partial charge >= 0.3 is 0 Å². The lowest BCUT2D eigenvalue weighted by Gasteiger charge is -2.20. The molecule has 4 rings (SSSR count). The zero-order valence-corrected chi connectivity index (χ0v) is 16.1. The number of pyridine rings is 1. The largest absolute Gasteiger partial charge is 0.492 e. The maximum absolute atomic E-state index is 9.36. The third-order valence-electron chi connectivity index (χ3n) is 4.79. The number of rotatable bonds is 6. The maximum Gasteiger partial charge on any atom is 0.216 e. The second kappa shape index (κ2) is 8.76. The summed E-state index contributed by atoms with van der Waals surface area (Å²) in [7, 11) is 1.60. The normalized spacial score (nSPS) is 18.2. The lowest BCUT2D eigenvalue weighted by atomic mass is 9.98. The van der Waals surface area contributed by atoms with Crippen LogP contribution in [0.5, 0.6) is 11.5 Å². The Morgan fingerprint density at radius 2 is 2.24 bits per heavy atom. The Bertz CT molecular complexity index is 1000. The van der Waals surface area contributed by atoms with E-state index in [9.17, 15) is 5.26 Å². The number of nitriles is 1. The van der Waals surface area contributed by atoms with E-state index >= 15 is 0 Å².